The zero-order valence-electron chi connectivity index (χ0n) is 15.8. The predicted molar refractivity (Wildman–Crippen MR) is 104 cm³/mol. The van der Waals surface area contributed by atoms with E-state index in [0.717, 1.165) is 0 Å². The van der Waals surface area contributed by atoms with Gasteiger partial charge in [-0.2, -0.15) is 4.31 Å². The van der Waals surface area contributed by atoms with Crippen LogP contribution in [-0.2, 0) is 10.0 Å². The Morgan fingerprint density at radius 3 is 2.41 bits per heavy atom. The number of aryl methyl sites for hydroxylation is 1. The van der Waals surface area contributed by atoms with Gasteiger partial charge < -0.3 is 10.6 Å². The Kier molecular flexibility index (Phi) is 7.26. The van der Waals surface area contributed by atoms with E-state index in [9.17, 15) is 13.2 Å². The highest BCUT2D eigenvalue weighted by Gasteiger charge is 2.23. The van der Waals surface area contributed by atoms with Crippen molar-refractivity contribution in [3.8, 4) is 0 Å². The van der Waals surface area contributed by atoms with Crippen LogP contribution in [0.5, 0.6) is 0 Å². The minimum absolute atomic E-state index is 0.123. The van der Waals surface area contributed by atoms with Gasteiger partial charge in [0.25, 0.3) is 5.91 Å². The summed E-state index contributed by atoms with van der Waals surface area (Å²) in [5.41, 5.74) is 1.06. The topological polar surface area (TPSA) is 104 Å². The molecule has 0 aliphatic rings. The van der Waals surface area contributed by atoms with Crippen LogP contribution in [0.25, 0.3) is 0 Å². The van der Waals surface area contributed by atoms with Crippen LogP contribution in [0.3, 0.4) is 0 Å². The van der Waals surface area contributed by atoms with Gasteiger partial charge in [-0.25, -0.2) is 18.4 Å². The van der Waals surface area contributed by atoms with E-state index in [1.54, 1.807) is 45.3 Å². The molecule has 0 unspecified atom stereocenters. The van der Waals surface area contributed by atoms with Crippen LogP contribution in [0.4, 0.5) is 5.95 Å². The van der Waals surface area contributed by atoms with Gasteiger partial charge in [-0.3, -0.25) is 4.79 Å². The second kappa shape index (κ2) is 9.43. The molecule has 146 valence electrons. The number of aromatic nitrogens is 2. The number of amides is 1. The van der Waals surface area contributed by atoms with Crippen LogP contribution < -0.4 is 10.6 Å². The van der Waals surface area contributed by atoms with E-state index in [2.05, 4.69) is 20.6 Å². The first-order chi connectivity index (χ1) is 12.9. The average Bonchev–Trinajstić information content (AvgIpc) is 2.67. The van der Waals surface area contributed by atoms with Crippen LogP contribution in [0.2, 0.25) is 0 Å². The van der Waals surface area contributed by atoms with Gasteiger partial charge in [0.1, 0.15) is 0 Å². The first-order valence-corrected chi connectivity index (χ1v) is 10.2. The summed E-state index contributed by atoms with van der Waals surface area (Å²) in [5, 5.41) is 5.77. The Morgan fingerprint density at radius 2 is 1.78 bits per heavy atom. The normalized spacial score (nSPS) is 11.4. The summed E-state index contributed by atoms with van der Waals surface area (Å²) < 4.78 is 26.7. The fourth-order valence-electron chi connectivity index (χ4n) is 2.55. The molecule has 1 amide bonds. The molecule has 2 rings (SSSR count). The molecule has 0 aliphatic carbocycles. The number of nitrogens with zero attached hydrogens (tertiary/aromatic N) is 3. The molecule has 0 spiro atoms. The number of carbonyl (C=O) groups is 1. The molecule has 1 heterocycles. The molecule has 1 aromatic carbocycles. The number of anilines is 1. The molecular formula is C18H25N5O3S. The third kappa shape index (κ3) is 5.24. The smallest absolute Gasteiger partial charge is 0.251 e. The fraction of sp³-hybridized carbons (Fsp3) is 0.389. The summed E-state index contributed by atoms with van der Waals surface area (Å²) in [6, 6.07) is 6.34. The van der Waals surface area contributed by atoms with Gasteiger partial charge in [-0.05, 0) is 30.7 Å². The molecule has 9 heteroatoms. The maximum Gasteiger partial charge on any atom is 0.251 e. The molecule has 0 saturated carbocycles. The van der Waals surface area contributed by atoms with Crippen LogP contribution in [0.15, 0.2) is 41.6 Å². The summed E-state index contributed by atoms with van der Waals surface area (Å²) in [7, 11) is -3.61. The van der Waals surface area contributed by atoms with Gasteiger partial charge >= 0.3 is 0 Å². The first kappa shape index (κ1) is 20.8. The van der Waals surface area contributed by atoms with Crippen LogP contribution in [-0.4, -0.2) is 54.8 Å². The van der Waals surface area contributed by atoms with Crippen molar-refractivity contribution in [2.24, 2.45) is 0 Å². The molecule has 27 heavy (non-hydrogen) atoms. The van der Waals surface area contributed by atoms with Crippen molar-refractivity contribution in [2.75, 3.05) is 31.5 Å². The van der Waals surface area contributed by atoms with Crippen molar-refractivity contribution in [1.29, 1.82) is 0 Å². The van der Waals surface area contributed by atoms with Crippen molar-refractivity contribution in [3.63, 3.8) is 0 Å². The highest BCUT2D eigenvalue weighted by atomic mass is 32.2. The Balaban J connectivity index is 2.05. The third-order valence-electron chi connectivity index (χ3n) is 4.06. The molecule has 0 aliphatic heterocycles. The van der Waals surface area contributed by atoms with E-state index in [4.69, 9.17) is 0 Å². The monoisotopic (exact) mass is 391 g/mol. The lowest BCUT2D eigenvalue weighted by atomic mass is 10.1. The second-order valence-electron chi connectivity index (χ2n) is 5.82. The summed E-state index contributed by atoms with van der Waals surface area (Å²) in [5.74, 6) is 0.162. The molecule has 0 atom stereocenters. The van der Waals surface area contributed by atoms with E-state index in [-0.39, 0.29) is 10.8 Å². The molecule has 2 aromatic rings. The number of hydrogen-bond acceptors (Lipinski definition) is 6. The van der Waals surface area contributed by atoms with E-state index in [1.165, 1.54) is 16.4 Å². The van der Waals surface area contributed by atoms with E-state index >= 15 is 0 Å². The SMILES string of the molecule is CCN(CC)S(=O)(=O)c1ccc(C)c(C(=O)NCCNc2ncccn2)c1. The molecule has 0 fully saturated rings. The van der Waals surface area contributed by atoms with E-state index < -0.39 is 10.0 Å². The Labute approximate surface area is 160 Å². The summed E-state index contributed by atoms with van der Waals surface area (Å²) >= 11 is 0. The zero-order valence-corrected chi connectivity index (χ0v) is 16.6. The molecule has 2 N–H and O–H groups in total. The third-order valence-corrected chi connectivity index (χ3v) is 6.10. The lowest BCUT2D eigenvalue weighted by molar-refractivity contribution is 0.0954. The predicted octanol–water partition coefficient (Wildman–Crippen LogP) is 1.66. The second-order valence-corrected chi connectivity index (χ2v) is 7.76. The number of carbonyl (C=O) groups excluding carboxylic acids is 1. The van der Waals surface area contributed by atoms with Gasteiger partial charge in [0, 0.05) is 44.1 Å². The standard InChI is InChI=1S/C18H25N5O3S/c1-4-23(5-2)27(25,26)15-8-7-14(3)16(13-15)17(24)19-11-12-22-18-20-9-6-10-21-18/h6-10,13H,4-5,11-12H2,1-3H3,(H,19,24)(H,20,21,22). The van der Waals surface area contributed by atoms with Gasteiger partial charge in [0.15, 0.2) is 0 Å². The quantitative estimate of drug-likeness (QED) is 0.630. The zero-order chi connectivity index (χ0) is 19.9. The average molecular weight is 391 g/mol. The lowest BCUT2D eigenvalue weighted by Crippen LogP contribution is -2.32. The van der Waals surface area contributed by atoms with Crippen molar-refractivity contribution in [2.45, 2.75) is 25.7 Å². The van der Waals surface area contributed by atoms with Crippen LogP contribution >= 0.6 is 0 Å². The number of nitrogens with one attached hydrogen (secondary N) is 2. The Bertz CT molecular complexity index is 868. The molecular weight excluding hydrogens is 366 g/mol. The van der Waals surface area contributed by atoms with Crippen LogP contribution in [0, 0.1) is 6.92 Å². The Hall–Kier alpha value is -2.52. The summed E-state index contributed by atoms with van der Waals surface area (Å²) in [4.78, 5) is 20.7. The fourth-order valence-corrected chi connectivity index (χ4v) is 4.04. The maximum absolute atomic E-state index is 12.7. The number of benzene rings is 1. The van der Waals surface area contributed by atoms with Gasteiger partial charge in [-0.15, -0.1) is 0 Å². The van der Waals surface area contributed by atoms with Gasteiger partial charge in [0.05, 0.1) is 4.90 Å². The minimum atomic E-state index is -3.61. The molecule has 1 aromatic heterocycles. The van der Waals surface area contributed by atoms with Crippen LogP contribution in [0.1, 0.15) is 29.8 Å². The molecule has 0 saturated heterocycles. The van der Waals surface area contributed by atoms with Crippen molar-refractivity contribution >= 4 is 21.9 Å². The summed E-state index contributed by atoms with van der Waals surface area (Å²) in [6.45, 7) is 6.90. The lowest BCUT2D eigenvalue weighted by Gasteiger charge is -2.19. The van der Waals surface area contributed by atoms with Crippen molar-refractivity contribution in [1.82, 2.24) is 19.6 Å². The van der Waals surface area contributed by atoms with Crippen molar-refractivity contribution in [3.05, 3.63) is 47.8 Å². The highest BCUT2D eigenvalue weighted by Crippen LogP contribution is 2.19. The first-order valence-electron chi connectivity index (χ1n) is 8.80. The summed E-state index contributed by atoms with van der Waals surface area (Å²) in [6.07, 6.45) is 3.25. The van der Waals surface area contributed by atoms with E-state index in [1.807, 2.05) is 0 Å². The molecule has 0 bridgehead atoms. The van der Waals surface area contributed by atoms with Gasteiger partial charge in [-0.1, -0.05) is 19.9 Å². The largest absolute Gasteiger partial charge is 0.352 e. The number of sulfonamides is 1. The molecule has 0 radical (unpaired) electrons. The number of rotatable bonds is 9. The minimum Gasteiger partial charge on any atom is -0.352 e. The molecule has 8 nitrogen and oxygen atoms in total. The van der Waals surface area contributed by atoms with Gasteiger partial charge in [0.2, 0.25) is 16.0 Å². The van der Waals surface area contributed by atoms with E-state index in [0.29, 0.717) is 43.3 Å². The Morgan fingerprint density at radius 1 is 1.11 bits per heavy atom. The maximum atomic E-state index is 12.7. The highest BCUT2D eigenvalue weighted by molar-refractivity contribution is 7.89. The van der Waals surface area contributed by atoms with Crippen molar-refractivity contribution < 1.29 is 13.2 Å². The number of hydrogen-bond donors (Lipinski definition) is 2.